The summed E-state index contributed by atoms with van der Waals surface area (Å²) in [5.74, 6) is -0.341. The lowest BCUT2D eigenvalue weighted by Crippen LogP contribution is -2.50. The van der Waals surface area contributed by atoms with Crippen molar-refractivity contribution in [2.45, 2.75) is 43.4 Å². The predicted octanol–water partition coefficient (Wildman–Crippen LogP) is 2.45. The van der Waals surface area contributed by atoms with Gasteiger partial charge in [-0.2, -0.15) is 4.31 Å². The summed E-state index contributed by atoms with van der Waals surface area (Å²) in [6.07, 6.45) is 1.84. The standard InChI is InChI=1S/C27H34ClN3O7S/c1-20(27(33)29-17-24-3-2-14-37-24)31(18-21-4-6-22(28)7-5-21)26(32)19-38-23-8-10-25(11-9-23)39(34,35)30-12-15-36-16-13-30/h4-11,20,24H,2-3,12-19H2,1H3,(H,29,33)/t20-,24+/m0/s1. The van der Waals surface area contributed by atoms with E-state index in [2.05, 4.69) is 5.32 Å². The van der Waals surface area contributed by atoms with Gasteiger partial charge in [0.25, 0.3) is 5.91 Å². The lowest BCUT2D eigenvalue weighted by molar-refractivity contribution is -0.142. The fourth-order valence-electron chi connectivity index (χ4n) is 4.41. The van der Waals surface area contributed by atoms with E-state index >= 15 is 0 Å². The molecule has 212 valence electrons. The molecule has 0 aliphatic carbocycles. The highest BCUT2D eigenvalue weighted by molar-refractivity contribution is 7.89. The number of halogens is 1. The number of rotatable bonds is 11. The molecule has 2 aliphatic heterocycles. The van der Waals surface area contributed by atoms with Crippen LogP contribution in [0, 0.1) is 0 Å². The molecule has 2 saturated heterocycles. The molecule has 10 nitrogen and oxygen atoms in total. The van der Waals surface area contributed by atoms with Crippen molar-refractivity contribution in [1.29, 1.82) is 0 Å². The lowest BCUT2D eigenvalue weighted by Gasteiger charge is -2.29. The van der Waals surface area contributed by atoms with Gasteiger partial charge in [0, 0.05) is 37.8 Å². The smallest absolute Gasteiger partial charge is 0.261 e. The van der Waals surface area contributed by atoms with Gasteiger partial charge in [0.2, 0.25) is 15.9 Å². The van der Waals surface area contributed by atoms with Crippen LogP contribution in [0.2, 0.25) is 5.02 Å². The van der Waals surface area contributed by atoms with Crippen molar-refractivity contribution in [3.05, 3.63) is 59.1 Å². The Morgan fingerprint density at radius 1 is 1.10 bits per heavy atom. The van der Waals surface area contributed by atoms with E-state index < -0.39 is 22.0 Å². The molecule has 2 aliphatic rings. The van der Waals surface area contributed by atoms with Crippen LogP contribution >= 0.6 is 11.6 Å². The van der Waals surface area contributed by atoms with Gasteiger partial charge in [-0.05, 0) is 61.7 Å². The van der Waals surface area contributed by atoms with E-state index in [0.29, 0.717) is 50.2 Å². The molecule has 12 heteroatoms. The Labute approximate surface area is 234 Å². The maximum Gasteiger partial charge on any atom is 0.261 e. The van der Waals surface area contributed by atoms with E-state index in [4.69, 9.17) is 25.8 Å². The van der Waals surface area contributed by atoms with Gasteiger partial charge < -0.3 is 24.4 Å². The molecule has 0 bridgehead atoms. The molecule has 2 aromatic rings. The van der Waals surface area contributed by atoms with Crippen LogP contribution in [0.25, 0.3) is 0 Å². The number of morpholine rings is 1. The number of nitrogens with zero attached hydrogens (tertiary/aromatic N) is 2. The molecule has 2 heterocycles. The van der Waals surface area contributed by atoms with Gasteiger partial charge in [-0.3, -0.25) is 9.59 Å². The average molecular weight is 580 g/mol. The van der Waals surface area contributed by atoms with Gasteiger partial charge in [0.05, 0.1) is 24.2 Å². The van der Waals surface area contributed by atoms with Crippen molar-refractivity contribution < 1.29 is 32.2 Å². The van der Waals surface area contributed by atoms with Crippen molar-refractivity contribution in [1.82, 2.24) is 14.5 Å². The molecule has 2 atom stereocenters. The number of carbonyl (C=O) groups excluding carboxylic acids is 2. The highest BCUT2D eigenvalue weighted by atomic mass is 35.5. The van der Waals surface area contributed by atoms with Crippen LogP contribution in [0.1, 0.15) is 25.3 Å². The first kappa shape index (κ1) is 29.3. The third kappa shape index (κ3) is 7.92. The monoisotopic (exact) mass is 579 g/mol. The van der Waals surface area contributed by atoms with Crippen LogP contribution < -0.4 is 10.1 Å². The predicted molar refractivity (Wildman–Crippen MR) is 145 cm³/mol. The maximum absolute atomic E-state index is 13.3. The zero-order valence-corrected chi connectivity index (χ0v) is 23.5. The van der Waals surface area contributed by atoms with Gasteiger partial charge in [-0.1, -0.05) is 23.7 Å². The minimum Gasteiger partial charge on any atom is -0.484 e. The fourth-order valence-corrected chi connectivity index (χ4v) is 5.94. The number of benzene rings is 2. The van der Waals surface area contributed by atoms with E-state index in [9.17, 15) is 18.0 Å². The van der Waals surface area contributed by atoms with Gasteiger partial charge in [0.1, 0.15) is 11.8 Å². The number of nitrogens with one attached hydrogen (secondary N) is 1. The van der Waals surface area contributed by atoms with Crippen molar-refractivity contribution in [2.75, 3.05) is 46.1 Å². The zero-order valence-electron chi connectivity index (χ0n) is 21.9. The van der Waals surface area contributed by atoms with Crippen molar-refractivity contribution in [2.24, 2.45) is 0 Å². The second-order valence-corrected chi connectivity index (χ2v) is 11.9. The normalized spacial score (nSPS) is 18.9. The Balaban J connectivity index is 1.40. The Kier molecular flexibility index (Phi) is 10.2. The van der Waals surface area contributed by atoms with Gasteiger partial charge in [-0.25, -0.2) is 8.42 Å². The highest BCUT2D eigenvalue weighted by Crippen LogP contribution is 2.21. The zero-order chi connectivity index (χ0) is 27.8. The highest BCUT2D eigenvalue weighted by Gasteiger charge is 2.28. The molecule has 4 rings (SSSR count). The van der Waals surface area contributed by atoms with Gasteiger partial charge in [-0.15, -0.1) is 0 Å². The van der Waals surface area contributed by atoms with Crippen LogP contribution in [0.3, 0.4) is 0 Å². The fraction of sp³-hybridized carbons (Fsp3) is 0.481. The Bertz CT molecular complexity index is 1210. The summed E-state index contributed by atoms with van der Waals surface area (Å²) in [4.78, 5) is 27.8. The molecular formula is C27H34ClN3O7S. The molecule has 2 amide bonds. The number of hydrogen-bond donors (Lipinski definition) is 1. The first-order valence-corrected chi connectivity index (χ1v) is 14.8. The summed E-state index contributed by atoms with van der Waals surface area (Å²) in [5, 5.41) is 3.46. The quantitative estimate of drug-likeness (QED) is 0.435. The number of ether oxygens (including phenoxy) is 3. The summed E-state index contributed by atoms with van der Waals surface area (Å²) >= 11 is 6.01. The molecule has 0 radical (unpaired) electrons. The van der Waals surface area contributed by atoms with Crippen LogP contribution in [-0.4, -0.2) is 87.6 Å². The SMILES string of the molecule is C[C@@H](C(=O)NC[C@H]1CCCO1)N(Cc1ccc(Cl)cc1)C(=O)COc1ccc(S(=O)(=O)N2CCOCC2)cc1. The Morgan fingerprint density at radius 3 is 2.44 bits per heavy atom. The molecule has 0 unspecified atom stereocenters. The largest absolute Gasteiger partial charge is 0.484 e. The Morgan fingerprint density at radius 2 is 1.79 bits per heavy atom. The summed E-state index contributed by atoms with van der Waals surface area (Å²) in [6.45, 7) is 3.94. The minimum absolute atomic E-state index is 0.0140. The van der Waals surface area contributed by atoms with Gasteiger partial charge >= 0.3 is 0 Å². The number of sulfonamides is 1. The van der Waals surface area contributed by atoms with Crippen LogP contribution in [-0.2, 0) is 35.6 Å². The van der Waals surface area contributed by atoms with Crippen molar-refractivity contribution in [3.63, 3.8) is 0 Å². The molecule has 0 saturated carbocycles. The van der Waals surface area contributed by atoms with Crippen LogP contribution in [0.15, 0.2) is 53.4 Å². The molecule has 0 aromatic heterocycles. The maximum atomic E-state index is 13.3. The first-order valence-electron chi connectivity index (χ1n) is 13.0. The van der Waals surface area contributed by atoms with E-state index in [0.717, 1.165) is 18.4 Å². The van der Waals surface area contributed by atoms with Gasteiger partial charge in [0.15, 0.2) is 6.61 Å². The second kappa shape index (κ2) is 13.6. The van der Waals surface area contributed by atoms with E-state index in [1.54, 1.807) is 31.2 Å². The number of amides is 2. The minimum atomic E-state index is -3.63. The van der Waals surface area contributed by atoms with Crippen LogP contribution in [0.4, 0.5) is 0 Å². The van der Waals surface area contributed by atoms with Crippen molar-refractivity contribution in [3.8, 4) is 5.75 Å². The number of hydrogen-bond acceptors (Lipinski definition) is 7. The summed E-state index contributed by atoms with van der Waals surface area (Å²) in [5.41, 5.74) is 0.809. The van der Waals surface area contributed by atoms with E-state index in [1.807, 2.05) is 0 Å². The molecule has 2 aromatic carbocycles. The summed E-state index contributed by atoms with van der Waals surface area (Å²) < 4.78 is 43.6. The molecule has 0 spiro atoms. The third-order valence-electron chi connectivity index (χ3n) is 6.76. The lowest BCUT2D eigenvalue weighted by atomic mass is 10.1. The molecule has 1 N–H and O–H groups in total. The number of carbonyl (C=O) groups is 2. The molecule has 39 heavy (non-hydrogen) atoms. The summed E-state index contributed by atoms with van der Waals surface area (Å²) in [6, 6.07) is 12.2. The van der Waals surface area contributed by atoms with Crippen molar-refractivity contribution >= 4 is 33.4 Å². The topological polar surface area (TPSA) is 114 Å². The van der Waals surface area contributed by atoms with E-state index in [-0.39, 0.29) is 30.1 Å². The average Bonchev–Trinajstić information content (AvgIpc) is 3.48. The van der Waals surface area contributed by atoms with Crippen LogP contribution in [0.5, 0.6) is 5.75 Å². The molecular weight excluding hydrogens is 546 g/mol. The first-order chi connectivity index (χ1) is 18.7. The second-order valence-electron chi connectivity index (χ2n) is 9.48. The third-order valence-corrected chi connectivity index (χ3v) is 8.92. The van der Waals surface area contributed by atoms with E-state index in [1.165, 1.54) is 33.5 Å². The summed E-state index contributed by atoms with van der Waals surface area (Å²) in [7, 11) is -3.63. The Hall–Kier alpha value is -2.70. The molecule has 2 fully saturated rings.